The number of benzene rings is 6. The summed E-state index contributed by atoms with van der Waals surface area (Å²) in [6.45, 7) is 7.43. The third kappa shape index (κ3) is 4.79. The van der Waals surface area contributed by atoms with Gasteiger partial charge in [-0.05, 0) is 53.1 Å². The van der Waals surface area contributed by atoms with E-state index in [4.69, 9.17) is 21.8 Å². The standard InChI is InChI=1S/C41H20N8/c1-45-31-17-15-28(16-18-31)39-35-21-34(26-11-13-27(14-12-26)37-29(23-43)19-25(22-42)20-30(37)24-44)40-41(38(35)33-9-5-6-10-36(33)46-39)48-49(47-40)32-7-3-2-4-8-32/h2-21H. The molecule has 0 aliphatic carbocycles. The van der Waals surface area contributed by atoms with E-state index in [1.54, 1.807) is 16.9 Å². The van der Waals surface area contributed by atoms with Crippen molar-refractivity contribution in [2.24, 2.45) is 0 Å². The Bertz CT molecular complexity index is 2750. The fraction of sp³-hybridized carbons (Fsp3) is 0. The van der Waals surface area contributed by atoms with Crippen LogP contribution in [0.5, 0.6) is 0 Å². The lowest BCUT2D eigenvalue weighted by molar-refractivity contribution is 0.766. The molecule has 224 valence electrons. The molecule has 0 N–H and O–H groups in total. The minimum atomic E-state index is 0.258. The first kappa shape index (κ1) is 28.8. The Balaban J connectivity index is 1.42. The average Bonchev–Trinajstić information content (AvgIpc) is 3.63. The number of pyridine rings is 1. The molecular weight excluding hydrogens is 605 g/mol. The molecule has 0 amide bonds. The van der Waals surface area contributed by atoms with Gasteiger partial charge >= 0.3 is 0 Å². The Morgan fingerprint density at radius 2 is 1.24 bits per heavy atom. The summed E-state index contributed by atoms with van der Waals surface area (Å²) in [5.74, 6) is 0. The van der Waals surface area contributed by atoms with Crippen LogP contribution in [0, 0.1) is 40.6 Å². The number of hydrogen-bond acceptors (Lipinski definition) is 6. The SMILES string of the molecule is [C-]#[N+]c1ccc(-c2nc3ccccc3c3c2cc(-c2ccc(-c4c(C#N)cc(C#N)cc4C#N)cc2)c2nn(-c4ccccc4)nc23)cc1. The summed E-state index contributed by atoms with van der Waals surface area (Å²) >= 11 is 0. The lowest BCUT2D eigenvalue weighted by Gasteiger charge is -2.13. The zero-order chi connectivity index (χ0) is 33.5. The number of nitrogens with zero attached hydrogens (tertiary/aromatic N) is 8. The number of para-hydroxylation sites is 2. The molecule has 0 aliphatic heterocycles. The average molecular weight is 625 g/mol. The maximum atomic E-state index is 9.89. The van der Waals surface area contributed by atoms with Crippen LogP contribution in [0.3, 0.4) is 0 Å². The van der Waals surface area contributed by atoms with Gasteiger partial charge in [-0.15, -0.1) is 10.2 Å². The zero-order valence-electron chi connectivity index (χ0n) is 25.6. The minimum Gasteiger partial charge on any atom is -0.247 e. The maximum absolute atomic E-state index is 9.89. The first-order valence-corrected chi connectivity index (χ1v) is 15.2. The van der Waals surface area contributed by atoms with E-state index in [-0.39, 0.29) is 16.7 Å². The quantitative estimate of drug-likeness (QED) is 0.142. The van der Waals surface area contributed by atoms with Crippen LogP contribution in [0.25, 0.3) is 76.8 Å². The predicted molar refractivity (Wildman–Crippen MR) is 188 cm³/mol. The van der Waals surface area contributed by atoms with Crippen LogP contribution < -0.4 is 0 Å². The molecule has 0 bridgehead atoms. The second-order valence-corrected chi connectivity index (χ2v) is 11.4. The highest BCUT2D eigenvalue weighted by Gasteiger charge is 2.21. The second-order valence-electron chi connectivity index (χ2n) is 11.4. The van der Waals surface area contributed by atoms with Crippen molar-refractivity contribution in [3.8, 4) is 57.4 Å². The van der Waals surface area contributed by atoms with Gasteiger partial charge in [0, 0.05) is 27.3 Å². The smallest absolute Gasteiger partial charge is 0.187 e. The summed E-state index contributed by atoms with van der Waals surface area (Å²) in [5.41, 5.74) is 8.83. The number of rotatable bonds is 4. The van der Waals surface area contributed by atoms with Crippen molar-refractivity contribution in [2.45, 2.75) is 0 Å². The fourth-order valence-electron chi connectivity index (χ4n) is 6.31. The van der Waals surface area contributed by atoms with E-state index in [1.165, 1.54) is 12.1 Å². The molecule has 8 aromatic rings. The van der Waals surface area contributed by atoms with Crippen LogP contribution in [-0.4, -0.2) is 20.0 Å². The minimum absolute atomic E-state index is 0.258. The molecule has 49 heavy (non-hydrogen) atoms. The van der Waals surface area contributed by atoms with E-state index in [0.29, 0.717) is 27.8 Å². The van der Waals surface area contributed by atoms with Crippen molar-refractivity contribution in [3.05, 3.63) is 149 Å². The molecule has 0 aliphatic rings. The Hall–Kier alpha value is -7.65. The Morgan fingerprint density at radius 3 is 1.92 bits per heavy atom. The van der Waals surface area contributed by atoms with Gasteiger partial charge in [-0.2, -0.15) is 20.6 Å². The number of hydrogen-bond donors (Lipinski definition) is 0. The van der Waals surface area contributed by atoms with Gasteiger partial charge in [0.25, 0.3) is 0 Å². The molecule has 2 heterocycles. The first-order chi connectivity index (χ1) is 24.1. The van der Waals surface area contributed by atoms with Crippen LogP contribution >= 0.6 is 0 Å². The Labute approximate surface area is 280 Å². The highest BCUT2D eigenvalue weighted by molar-refractivity contribution is 6.23. The van der Waals surface area contributed by atoms with Crippen molar-refractivity contribution in [1.29, 1.82) is 15.8 Å². The van der Waals surface area contributed by atoms with Crippen LogP contribution in [0.2, 0.25) is 0 Å². The molecule has 8 rings (SSSR count). The van der Waals surface area contributed by atoms with E-state index in [0.717, 1.165) is 49.7 Å². The van der Waals surface area contributed by atoms with Crippen LogP contribution in [0.1, 0.15) is 16.7 Å². The monoisotopic (exact) mass is 624 g/mol. The van der Waals surface area contributed by atoms with E-state index in [2.05, 4.69) is 23.0 Å². The summed E-state index contributed by atoms with van der Waals surface area (Å²) in [6.07, 6.45) is 0. The van der Waals surface area contributed by atoms with E-state index in [9.17, 15) is 15.8 Å². The Kier molecular flexibility index (Phi) is 6.83. The molecule has 0 atom stereocenters. The lowest BCUT2D eigenvalue weighted by atomic mass is 9.91. The van der Waals surface area contributed by atoms with Crippen molar-refractivity contribution in [3.63, 3.8) is 0 Å². The van der Waals surface area contributed by atoms with Crippen molar-refractivity contribution in [1.82, 2.24) is 20.0 Å². The van der Waals surface area contributed by atoms with Crippen molar-refractivity contribution in [2.75, 3.05) is 0 Å². The van der Waals surface area contributed by atoms with Gasteiger partial charge in [-0.1, -0.05) is 84.9 Å². The molecule has 8 nitrogen and oxygen atoms in total. The van der Waals surface area contributed by atoms with Gasteiger partial charge in [0.05, 0.1) is 58.4 Å². The van der Waals surface area contributed by atoms with E-state index in [1.807, 2.05) is 97.1 Å². The van der Waals surface area contributed by atoms with Crippen LogP contribution in [-0.2, 0) is 0 Å². The summed E-state index contributed by atoms with van der Waals surface area (Å²) in [6, 6.07) is 44.2. The number of nitriles is 3. The summed E-state index contributed by atoms with van der Waals surface area (Å²) in [4.78, 5) is 10.3. The van der Waals surface area contributed by atoms with E-state index >= 15 is 0 Å². The molecule has 0 unspecified atom stereocenters. The van der Waals surface area contributed by atoms with Gasteiger partial charge in [0.2, 0.25) is 0 Å². The van der Waals surface area contributed by atoms with Gasteiger partial charge < -0.3 is 0 Å². The van der Waals surface area contributed by atoms with Gasteiger partial charge in [0.1, 0.15) is 11.0 Å². The highest BCUT2D eigenvalue weighted by atomic mass is 15.5. The van der Waals surface area contributed by atoms with Crippen LogP contribution in [0.4, 0.5) is 5.69 Å². The fourth-order valence-corrected chi connectivity index (χ4v) is 6.31. The van der Waals surface area contributed by atoms with Crippen LogP contribution in [0.15, 0.2) is 121 Å². The lowest BCUT2D eigenvalue weighted by Crippen LogP contribution is -1.97. The van der Waals surface area contributed by atoms with Gasteiger partial charge in [-0.3, -0.25) is 0 Å². The van der Waals surface area contributed by atoms with E-state index < -0.39 is 0 Å². The molecule has 8 heteroatoms. The molecule has 0 spiro atoms. The Morgan fingerprint density at radius 1 is 0.612 bits per heavy atom. The molecule has 0 radical (unpaired) electrons. The largest absolute Gasteiger partial charge is 0.247 e. The third-order valence-corrected chi connectivity index (χ3v) is 8.57. The molecular formula is C41H20N8. The van der Waals surface area contributed by atoms with Crippen molar-refractivity contribution >= 4 is 38.4 Å². The molecule has 0 saturated carbocycles. The second kappa shape index (κ2) is 11.6. The normalized spacial score (nSPS) is 10.8. The molecule has 2 aromatic heterocycles. The first-order valence-electron chi connectivity index (χ1n) is 15.2. The maximum Gasteiger partial charge on any atom is 0.187 e. The predicted octanol–water partition coefficient (Wildman–Crippen LogP) is 9.29. The summed E-state index contributed by atoms with van der Waals surface area (Å²) in [5, 5.41) is 42.0. The highest BCUT2D eigenvalue weighted by Crippen LogP contribution is 2.41. The molecule has 6 aromatic carbocycles. The molecule has 0 fully saturated rings. The molecule has 0 saturated heterocycles. The van der Waals surface area contributed by atoms with Gasteiger partial charge in [-0.25, -0.2) is 9.83 Å². The third-order valence-electron chi connectivity index (χ3n) is 8.57. The van der Waals surface area contributed by atoms with Gasteiger partial charge in [0.15, 0.2) is 5.69 Å². The topological polar surface area (TPSA) is 119 Å². The summed E-state index contributed by atoms with van der Waals surface area (Å²) < 4.78 is 0. The number of fused-ring (bicyclic) bond motifs is 5. The number of aromatic nitrogens is 4. The summed E-state index contributed by atoms with van der Waals surface area (Å²) in [7, 11) is 0. The van der Waals surface area contributed by atoms with Crippen molar-refractivity contribution < 1.29 is 0 Å². The zero-order valence-corrected chi connectivity index (χ0v) is 25.6.